The molecular weight excluding hydrogens is 344 g/mol. The molecule has 3 rings (SSSR count). The van der Waals surface area contributed by atoms with E-state index in [1.165, 1.54) is 11.1 Å². The van der Waals surface area contributed by atoms with Crippen LogP contribution in [0.1, 0.15) is 12.8 Å². The van der Waals surface area contributed by atoms with Gasteiger partial charge in [-0.2, -0.15) is 10.1 Å². The van der Waals surface area contributed by atoms with Crippen LogP contribution in [0.3, 0.4) is 0 Å². The number of hydrogen-bond acceptors (Lipinski definition) is 7. The number of aliphatic carboxylic acids is 1. The van der Waals surface area contributed by atoms with Crippen LogP contribution in [-0.2, 0) is 9.59 Å². The van der Waals surface area contributed by atoms with Crippen molar-refractivity contribution in [3.05, 3.63) is 47.2 Å². The Morgan fingerprint density at radius 3 is 2.60 bits per heavy atom. The van der Waals surface area contributed by atoms with Gasteiger partial charge in [-0.3, -0.25) is 4.79 Å². The standard InChI is InChI=1S/C16H14N4O4S/c1-9-12(14(21)20(19-9)11-6-4-3-5-7-11)8-13(15(22)23)25-16-18-17-10(2)24-16/h3-8,12H,1-2H3,(H,22,23)/b13-8-/t12-/m0/s1. The van der Waals surface area contributed by atoms with Crippen molar-refractivity contribution < 1.29 is 19.1 Å². The number of para-hydroxylation sites is 1. The third kappa shape index (κ3) is 3.61. The number of nitrogens with zero attached hydrogens (tertiary/aromatic N) is 4. The van der Waals surface area contributed by atoms with Gasteiger partial charge in [-0.25, -0.2) is 4.79 Å². The van der Waals surface area contributed by atoms with E-state index in [2.05, 4.69) is 15.3 Å². The number of rotatable bonds is 5. The molecule has 2 aromatic rings. The normalized spacial score (nSPS) is 17.8. The number of aromatic nitrogens is 2. The number of carbonyl (C=O) groups is 2. The first-order valence-corrected chi connectivity index (χ1v) is 8.14. The summed E-state index contributed by atoms with van der Waals surface area (Å²) in [6.07, 6.45) is 1.36. The van der Waals surface area contributed by atoms with Crippen molar-refractivity contribution in [2.75, 3.05) is 5.01 Å². The first-order chi connectivity index (χ1) is 12.0. The maximum Gasteiger partial charge on any atom is 0.342 e. The minimum Gasteiger partial charge on any atom is -0.477 e. The first kappa shape index (κ1) is 16.9. The first-order valence-electron chi connectivity index (χ1n) is 7.33. The highest BCUT2D eigenvalue weighted by Crippen LogP contribution is 2.30. The van der Waals surface area contributed by atoms with Gasteiger partial charge in [-0.1, -0.05) is 18.2 Å². The summed E-state index contributed by atoms with van der Waals surface area (Å²) < 4.78 is 5.18. The van der Waals surface area contributed by atoms with Crippen LogP contribution in [0.5, 0.6) is 0 Å². The summed E-state index contributed by atoms with van der Waals surface area (Å²) in [5.41, 5.74) is 1.13. The molecule has 0 bridgehead atoms. The van der Waals surface area contributed by atoms with Crippen LogP contribution in [0.4, 0.5) is 5.69 Å². The number of carboxylic acids is 1. The highest BCUT2D eigenvalue weighted by atomic mass is 32.2. The minimum absolute atomic E-state index is 0.0774. The number of hydrazone groups is 1. The molecule has 128 valence electrons. The SMILES string of the molecule is CC1=NN(c2ccccc2)C(=O)[C@H]1/C=C(\Sc1nnc(C)o1)C(=O)O. The van der Waals surface area contributed by atoms with Gasteiger partial charge in [-0.05, 0) is 36.9 Å². The lowest BCUT2D eigenvalue weighted by atomic mass is 10.0. The largest absolute Gasteiger partial charge is 0.477 e. The third-order valence-corrected chi connectivity index (χ3v) is 4.29. The van der Waals surface area contributed by atoms with Crippen molar-refractivity contribution in [1.29, 1.82) is 0 Å². The summed E-state index contributed by atoms with van der Waals surface area (Å²) in [5, 5.41) is 22.5. The summed E-state index contributed by atoms with van der Waals surface area (Å²) in [6.45, 7) is 3.29. The fourth-order valence-corrected chi connectivity index (χ4v) is 2.96. The van der Waals surface area contributed by atoms with E-state index in [1.807, 2.05) is 6.07 Å². The van der Waals surface area contributed by atoms with Crippen LogP contribution >= 0.6 is 11.8 Å². The molecule has 1 aliphatic rings. The maximum atomic E-state index is 12.6. The maximum absolute atomic E-state index is 12.6. The van der Waals surface area contributed by atoms with Crippen molar-refractivity contribution in [2.24, 2.45) is 11.0 Å². The lowest BCUT2D eigenvalue weighted by Crippen LogP contribution is -2.26. The van der Waals surface area contributed by atoms with Crippen LogP contribution in [0.2, 0.25) is 0 Å². The van der Waals surface area contributed by atoms with Crippen LogP contribution in [0, 0.1) is 12.8 Å². The number of anilines is 1. The molecule has 0 radical (unpaired) electrons. The van der Waals surface area contributed by atoms with E-state index < -0.39 is 11.9 Å². The van der Waals surface area contributed by atoms with Gasteiger partial charge in [0, 0.05) is 6.92 Å². The zero-order valence-electron chi connectivity index (χ0n) is 13.4. The van der Waals surface area contributed by atoms with Gasteiger partial charge < -0.3 is 9.52 Å². The van der Waals surface area contributed by atoms with E-state index in [4.69, 9.17) is 4.42 Å². The van der Waals surface area contributed by atoms with E-state index >= 15 is 0 Å². The molecule has 1 atom stereocenters. The molecule has 8 nitrogen and oxygen atoms in total. The zero-order chi connectivity index (χ0) is 18.0. The van der Waals surface area contributed by atoms with E-state index in [0.29, 0.717) is 17.3 Å². The van der Waals surface area contributed by atoms with Gasteiger partial charge >= 0.3 is 5.97 Å². The number of carbonyl (C=O) groups excluding carboxylic acids is 1. The molecule has 0 aliphatic carbocycles. The summed E-state index contributed by atoms with van der Waals surface area (Å²) in [5.74, 6) is -1.93. The van der Waals surface area contributed by atoms with Crippen LogP contribution in [0.25, 0.3) is 0 Å². The van der Waals surface area contributed by atoms with Gasteiger partial charge in [0.15, 0.2) is 0 Å². The summed E-state index contributed by atoms with van der Waals surface area (Å²) >= 11 is 0.801. The summed E-state index contributed by atoms with van der Waals surface area (Å²) in [7, 11) is 0. The monoisotopic (exact) mass is 358 g/mol. The van der Waals surface area contributed by atoms with Crippen molar-refractivity contribution >= 4 is 35.0 Å². The van der Waals surface area contributed by atoms with E-state index in [9.17, 15) is 14.7 Å². The molecule has 2 heterocycles. The number of benzene rings is 1. The Balaban J connectivity index is 1.86. The second-order valence-electron chi connectivity index (χ2n) is 5.23. The summed E-state index contributed by atoms with van der Waals surface area (Å²) in [6, 6.07) is 8.95. The number of amides is 1. The van der Waals surface area contributed by atoms with Crippen LogP contribution in [-0.4, -0.2) is 32.9 Å². The predicted molar refractivity (Wildman–Crippen MR) is 91.1 cm³/mol. The molecule has 1 N–H and O–H groups in total. The molecule has 1 aliphatic heterocycles. The molecule has 0 unspecified atom stereocenters. The van der Waals surface area contributed by atoms with Gasteiger partial charge in [-0.15, -0.1) is 10.2 Å². The molecule has 9 heteroatoms. The number of aryl methyl sites for hydroxylation is 1. The second-order valence-corrected chi connectivity index (χ2v) is 6.22. The molecule has 0 fully saturated rings. The van der Waals surface area contributed by atoms with Crippen LogP contribution < -0.4 is 5.01 Å². The smallest absolute Gasteiger partial charge is 0.342 e. The van der Waals surface area contributed by atoms with Crippen molar-refractivity contribution in [3.8, 4) is 0 Å². The molecule has 0 saturated carbocycles. The quantitative estimate of drug-likeness (QED) is 0.646. The molecule has 25 heavy (non-hydrogen) atoms. The highest BCUT2D eigenvalue weighted by Gasteiger charge is 2.34. The fourth-order valence-electron chi connectivity index (χ4n) is 2.24. The van der Waals surface area contributed by atoms with Gasteiger partial charge in [0.2, 0.25) is 5.89 Å². The Labute approximate surface area is 147 Å². The van der Waals surface area contributed by atoms with Crippen molar-refractivity contribution in [3.63, 3.8) is 0 Å². The summed E-state index contributed by atoms with van der Waals surface area (Å²) in [4.78, 5) is 24.1. The molecule has 0 spiro atoms. The Bertz CT molecular complexity index is 875. The predicted octanol–water partition coefficient (Wildman–Crippen LogP) is 2.48. The van der Waals surface area contributed by atoms with E-state index in [-0.39, 0.29) is 16.0 Å². The Morgan fingerprint density at radius 1 is 1.28 bits per heavy atom. The molecule has 1 aromatic carbocycles. The molecule has 1 amide bonds. The number of thioether (sulfide) groups is 1. The number of carboxylic acid groups (broad SMARTS) is 1. The Hall–Kier alpha value is -2.94. The zero-order valence-corrected chi connectivity index (χ0v) is 14.2. The Kier molecular flexibility index (Phi) is 4.66. The van der Waals surface area contributed by atoms with E-state index in [1.54, 1.807) is 38.1 Å². The lowest BCUT2D eigenvalue weighted by molar-refractivity contribution is -0.131. The van der Waals surface area contributed by atoms with Gasteiger partial charge in [0.05, 0.1) is 22.2 Å². The lowest BCUT2D eigenvalue weighted by Gasteiger charge is -2.12. The second kappa shape index (κ2) is 6.89. The topological polar surface area (TPSA) is 109 Å². The van der Waals surface area contributed by atoms with Crippen molar-refractivity contribution in [2.45, 2.75) is 19.1 Å². The molecule has 1 aromatic heterocycles. The average Bonchev–Trinajstić information content (AvgIpc) is 3.12. The van der Waals surface area contributed by atoms with Crippen molar-refractivity contribution in [1.82, 2.24) is 10.2 Å². The molecule has 0 saturated heterocycles. The molecular formula is C16H14N4O4S. The van der Waals surface area contributed by atoms with Gasteiger partial charge in [0.1, 0.15) is 0 Å². The highest BCUT2D eigenvalue weighted by molar-refractivity contribution is 8.03. The van der Waals surface area contributed by atoms with Crippen LogP contribution in [0.15, 0.2) is 56.1 Å². The Morgan fingerprint density at radius 2 is 2.00 bits per heavy atom. The minimum atomic E-state index is -1.18. The van der Waals surface area contributed by atoms with Gasteiger partial charge in [0.25, 0.3) is 11.1 Å². The number of hydrogen-bond donors (Lipinski definition) is 1. The van der Waals surface area contributed by atoms with E-state index in [0.717, 1.165) is 11.8 Å². The third-order valence-electron chi connectivity index (χ3n) is 3.42. The average molecular weight is 358 g/mol. The fraction of sp³-hybridized carbons (Fsp3) is 0.188.